The molecule has 1 aliphatic rings. The fourth-order valence-electron chi connectivity index (χ4n) is 3.20. The van der Waals surface area contributed by atoms with Crippen molar-refractivity contribution in [3.63, 3.8) is 0 Å². The summed E-state index contributed by atoms with van der Waals surface area (Å²) in [7, 11) is 1.64. The molecule has 26 heavy (non-hydrogen) atoms. The number of carbonyl (C=O) groups excluding carboxylic acids is 1. The number of anilines is 2. The molecular weight excluding hydrogens is 368 g/mol. The molecule has 2 aromatic rings. The molecule has 6 nitrogen and oxygen atoms in total. The van der Waals surface area contributed by atoms with E-state index < -0.39 is 0 Å². The first-order chi connectivity index (χ1) is 12.5. The number of likely N-dealkylation sites (tertiary alicyclic amines) is 1. The maximum absolute atomic E-state index is 12.5. The van der Waals surface area contributed by atoms with E-state index in [0.717, 1.165) is 28.9 Å². The lowest BCUT2D eigenvalue weighted by atomic mass is 9.92. The van der Waals surface area contributed by atoms with Crippen LogP contribution in [0.4, 0.5) is 10.8 Å². The smallest absolute Gasteiger partial charge is 0.233 e. The number of carbonyl (C=O) groups is 1. The zero-order valence-electron chi connectivity index (χ0n) is 15.3. The van der Waals surface area contributed by atoms with Gasteiger partial charge in [-0.3, -0.25) is 4.79 Å². The topological polar surface area (TPSA) is 67.3 Å². The maximum atomic E-state index is 12.5. The lowest BCUT2D eigenvalue weighted by Gasteiger charge is -2.34. The highest BCUT2D eigenvalue weighted by Crippen LogP contribution is 2.29. The number of hydrogen-bond donors (Lipinski definition) is 1. The molecule has 0 radical (unpaired) electrons. The van der Waals surface area contributed by atoms with Crippen molar-refractivity contribution in [3.8, 4) is 5.75 Å². The van der Waals surface area contributed by atoms with Crippen molar-refractivity contribution in [2.45, 2.75) is 24.6 Å². The Kier molecular flexibility index (Phi) is 6.37. The lowest BCUT2D eigenvalue weighted by Crippen LogP contribution is -2.43. The first-order valence-electron chi connectivity index (χ1n) is 8.68. The fraction of sp³-hybridized carbons (Fsp3) is 0.500. The van der Waals surface area contributed by atoms with Gasteiger partial charge in [0.1, 0.15) is 5.75 Å². The summed E-state index contributed by atoms with van der Waals surface area (Å²) in [5, 5.41) is 12.2. The summed E-state index contributed by atoms with van der Waals surface area (Å²) in [6.45, 7) is 6.16. The van der Waals surface area contributed by atoms with E-state index >= 15 is 0 Å². The van der Waals surface area contributed by atoms with Crippen LogP contribution in [0.3, 0.4) is 0 Å². The summed E-state index contributed by atoms with van der Waals surface area (Å²) in [6, 6.07) is 7.63. The van der Waals surface area contributed by atoms with Gasteiger partial charge in [-0.15, -0.1) is 10.2 Å². The Morgan fingerprint density at radius 1 is 1.27 bits per heavy atom. The van der Waals surface area contributed by atoms with Gasteiger partial charge in [0.2, 0.25) is 11.0 Å². The van der Waals surface area contributed by atoms with Crippen molar-refractivity contribution in [1.82, 2.24) is 15.1 Å². The Balaban J connectivity index is 1.50. The summed E-state index contributed by atoms with van der Waals surface area (Å²) in [5.74, 6) is 2.57. The van der Waals surface area contributed by atoms with E-state index in [4.69, 9.17) is 4.74 Å². The molecule has 1 aliphatic heterocycles. The molecule has 140 valence electrons. The summed E-state index contributed by atoms with van der Waals surface area (Å²) in [4.78, 5) is 14.4. The zero-order chi connectivity index (χ0) is 18.5. The summed E-state index contributed by atoms with van der Waals surface area (Å²) in [6.07, 6.45) is 1.20. The molecular formula is C18H24N4O2S2. The van der Waals surface area contributed by atoms with Gasteiger partial charge in [-0.25, -0.2) is 0 Å². The molecule has 1 fully saturated rings. The van der Waals surface area contributed by atoms with Crippen LogP contribution in [0.25, 0.3) is 0 Å². The standard InChI is InChI=1S/C18H24N4O2S2/c1-12-8-13(2)10-22(9-12)16(23)11-25-18-21-20-17(26-18)19-14-4-6-15(24-3)7-5-14/h4-7,12-13H,8-11H2,1-3H3,(H,19,20). The van der Waals surface area contributed by atoms with Crippen molar-refractivity contribution >= 4 is 39.8 Å². The van der Waals surface area contributed by atoms with Crippen LogP contribution < -0.4 is 10.1 Å². The minimum Gasteiger partial charge on any atom is -0.497 e. The summed E-state index contributed by atoms with van der Waals surface area (Å²) >= 11 is 2.91. The Morgan fingerprint density at radius 2 is 1.96 bits per heavy atom. The predicted octanol–water partition coefficient (Wildman–Crippen LogP) is 3.89. The number of nitrogens with zero attached hydrogens (tertiary/aromatic N) is 3. The van der Waals surface area contributed by atoms with E-state index in [1.54, 1.807) is 7.11 Å². The monoisotopic (exact) mass is 392 g/mol. The lowest BCUT2D eigenvalue weighted by molar-refractivity contribution is -0.130. The molecule has 1 saturated heterocycles. The Labute approximate surface area is 162 Å². The first-order valence-corrected chi connectivity index (χ1v) is 10.5. The average Bonchev–Trinajstić information content (AvgIpc) is 3.07. The van der Waals surface area contributed by atoms with E-state index in [1.165, 1.54) is 29.5 Å². The van der Waals surface area contributed by atoms with Crippen molar-refractivity contribution in [1.29, 1.82) is 0 Å². The minimum absolute atomic E-state index is 0.188. The van der Waals surface area contributed by atoms with Crippen molar-refractivity contribution in [2.75, 3.05) is 31.3 Å². The number of benzene rings is 1. The number of nitrogens with one attached hydrogen (secondary N) is 1. The molecule has 2 unspecified atom stereocenters. The third-order valence-electron chi connectivity index (χ3n) is 4.29. The van der Waals surface area contributed by atoms with Crippen LogP contribution in [0.5, 0.6) is 5.75 Å². The molecule has 1 amide bonds. The summed E-state index contributed by atoms with van der Waals surface area (Å²) < 4.78 is 5.95. The second-order valence-electron chi connectivity index (χ2n) is 6.76. The van der Waals surface area contributed by atoms with E-state index in [-0.39, 0.29) is 5.91 Å². The molecule has 1 aromatic heterocycles. The predicted molar refractivity (Wildman–Crippen MR) is 106 cm³/mol. The van der Waals surface area contributed by atoms with E-state index in [1.807, 2.05) is 29.2 Å². The number of thioether (sulfide) groups is 1. The largest absolute Gasteiger partial charge is 0.497 e. The average molecular weight is 393 g/mol. The van der Waals surface area contributed by atoms with Crippen LogP contribution in [-0.2, 0) is 4.79 Å². The fourth-order valence-corrected chi connectivity index (χ4v) is 4.87. The highest BCUT2D eigenvalue weighted by molar-refractivity contribution is 8.01. The van der Waals surface area contributed by atoms with E-state index in [9.17, 15) is 4.79 Å². The number of ether oxygens (including phenoxy) is 1. The number of methoxy groups -OCH3 is 1. The van der Waals surface area contributed by atoms with Crippen LogP contribution in [0.1, 0.15) is 20.3 Å². The highest BCUT2D eigenvalue weighted by atomic mass is 32.2. The molecule has 0 aliphatic carbocycles. The third-order valence-corrected chi connectivity index (χ3v) is 6.25. The van der Waals surface area contributed by atoms with Crippen molar-refractivity contribution in [2.24, 2.45) is 11.8 Å². The van der Waals surface area contributed by atoms with Gasteiger partial charge < -0.3 is 15.0 Å². The molecule has 2 heterocycles. The molecule has 1 N–H and O–H groups in total. The third kappa shape index (κ3) is 5.11. The number of piperidine rings is 1. The van der Waals surface area contributed by atoms with Gasteiger partial charge in [-0.05, 0) is 42.5 Å². The number of aromatic nitrogens is 2. The quantitative estimate of drug-likeness (QED) is 0.753. The molecule has 2 atom stereocenters. The summed E-state index contributed by atoms with van der Waals surface area (Å²) in [5.41, 5.74) is 0.922. The number of amides is 1. The van der Waals surface area contributed by atoms with Crippen LogP contribution in [0.15, 0.2) is 28.6 Å². The Bertz CT molecular complexity index is 725. The van der Waals surface area contributed by atoms with Gasteiger partial charge in [-0.2, -0.15) is 0 Å². The van der Waals surface area contributed by atoms with Crippen LogP contribution in [0.2, 0.25) is 0 Å². The Morgan fingerprint density at radius 3 is 2.62 bits per heavy atom. The van der Waals surface area contributed by atoms with Gasteiger partial charge in [0, 0.05) is 18.8 Å². The molecule has 0 spiro atoms. The van der Waals surface area contributed by atoms with E-state index in [0.29, 0.717) is 22.7 Å². The zero-order valence-corrected chi connectivity index (χ0v) is 16.9. The van der Waals surface area contributed by atoms with Gasteiger partial charge in [-0.1, -0.05) is 36.9 Å². The van der Waals surface area contributed by atoms with Gasteiger partial charge >= 0.3 is 0 Å². The number of hydrogen-bond acceptors (Lipinski definition) is 7. The Hall–Kier alpha value is -1.80. The molecule has 0 bridgehead atoms. The highest BCUT2D eigenvalue weighted by Gasteiger charge is 2.25. The molecule has 1 aromatic carbocycles. The van der Waals surface area contributed by atoms with Crippen molar-refractivity contribution in [3.05, 3.63) is 24.3 Å². The maximum Gasteiger partial charge on any atom is 0.233 e. The van der Waals surface area contributed by atoms with Crippen LogP contribution >= 0.6 is 23.1 Å². The van der Waals surface area contributed by atoms with Crippen LogP contribution in [-0.4, -0.2) is 47.0 Å². The van der Waals surface area contributed by atoms with Crippen LogP contribution in [0, 0.1) is 11.8 Å². The minimum atomic E-state index is 0.188. The van der Waals surface area contributed by atoms with Crippen molar-refractivity contribution < 1.29 is 9.53 Å². The van der Waals surface area contributed by atoms with Gasteiger partial charge in [0.25, 0.3) is 0 Å². The second-order valence-corrected chi connectivity index (χ2v) is 8.96. The second kappa shape index (κ2) is 8.73. The van der Waals surface area contributed by atoms with Gasteiger partial charge in [0.05, 0.1) is 12.9 Å². The molecule has 0 saturated carbocycles. The molecule has 8 heteroatoms. The first kappa shape index (κ1) is 19.0. The van der Waals surface area contributed by atoms with E-state index in [2.05, 4.69) is 29.4 Å². The normalized spacial score (nSPS) is 20.0. The molecule has 3 rings (SSSR count). The SMILES string of the molecule is COc1ccc(Nc2nnc(SCC(=O)N3CC(C)CC(C)C3)s2)cc1. The number of rotatable bonds is 6. The van der Waals surface area contributed by atoms with Gasteiger partial charge in [0.15, 0.2) is 4.34 Å².